The SMILES string of the molecule is COC(=O)COc1cccc(CNC(=O)C2(OC)CCNCC2)c1. The molecule has 0 spiro atoms. The van der Waals surface area contributed by atoms with Crippen molar-refractivity contribution in [3.63, 3.8) is 0 Å². The van der Waals surface area contributed by atoms with Crippen LogP contribution in [0.15, 0.2) is 24.3 Å². The first-order chi connectivity index (χ1) is 11.6. The highest BCUT2D eigenvalue weighted by atomic mass is 16.6. The molecule has 0 aromatic heterocycles. The van der Waals surface area contributed by atoms with Gasteiger partial charge >= 0.3 is 5.97 Å². The molecular formula is C17H24N2O5. The average molecular weight is 336 g/mol. The molecule has 1 aromatic rings. The van der Waals surface area contributed by atoms with Crippen LogP contribution in [0.4, 0.5) is 0 Å². The van der Waals surface area contributed by atoms with E-state index in [9.17, 15) is 9.59 Å². The summed E-state index contributed by atoms with van der Waals surface area (Å²) in [7, 11) is 2.89. The summed E-state index contributed by atoms with van der Waals surface area (Å²) in [6.45, 7) is 1.75. The number of carbonyl (C=O) groups is 2. The lowest BCUT2D eigenvalue weighted by atomic mass is 9.91. The summed E-state index contributed by atoms with van der Waals surface area (Å²) in [6.07, 6.45) is 1.30. The van der Waals surface area contributed by atoms with Crippen LogP contribution in [-0.4, -0.2) is 51.4 Å². The molecule has 7 nitrogen and oxygen atoms in total. The zero-order chi connectivity index (χ0) is 17.4. The predicted octanol–water partition coefficient (Wildman–Crippen LogP) is 0.623. The largest absolute Gasteiger partial charge is 0.482 e. The molecule has 132 valence electrons. The van der Waals surface area contributed by atoms with Crippen LogP contribution >= 0.6 is 0 Å². The summed E-state index contributed by atoms with van der Waals surface area (Å²) in [5, 5.41) is 6.15. The molecule has 0 unspecified atom stereocenters. The molecule has 1 aliphatic rings. The van der Waals surface area contributed by atoms with Crippen molar-refractivity contribution >= 4 is 11.9 Å². The lowest BCUT2D eigenvalue weighted by Crippen LogP contribution is -2.53. The highest BCUT2D eigenvalue weighted by Gasteiger charge is 2.39. The first-order valence-electron chi connectivity index (χ1n) is 7.92. The van der Waals surface area contributed by atoms with Crippen LogP contribution in [0.1, 0.15) is 18.4 Å². The number of ether oxygens (including phenoxy) is 3. The average Bonchev–Trinajstić information content (AvgIpc) is 2.64. The van der Waals surface area contributed by atoms with Crippen LogP contribution in [0, 0.1) is 0 Å². The number of rotatable bonds is 7. The molecule has 2 rings (SSSR count). The summed E-state index contributed by atoms with van der Waals surface area (Å²) in [5.41, 5.74) is 0.121. The van der Waals surface area contributed by atoms with E-state index in [1.165, 1.54) is 7.11 Å². The molecule has 1 aromatic carbocycles. The Labute approximate surface area is 141 Å². The molecule has 0 atom stereocenters. The number of piperidine rings is 1. The summed E-state index contributed by atoms with van der Waals surface area (Å²) >= 11 is 0. The monoisotopic (exact) mass is 336 g/mol. The Balaban J connectivity index is 1.91. The van der Waals surface area contributed by atoms with E-state index in [4.69, 9.17) is 9.47 Å². The van der Waals surface area contributed by atoms with Gasteiger partial charge in [-0.1, -0.05) is 12.1 Å². The van der Waals surface area contributed by atoms with Crippen molar-refractivity contribution in [3.05, 3.63) is 29.8 Å². The third-order valence-electron chi connectivity index (χ3n) is 4.15. The van der Waals surface area contributed by atoms with Gasteiger partial charge in [0.25, 0.3) is 5.91 Å². The van der Waals surface area contributed by atoms with Gasteiger partial charge in [0.15, 0.2) is 6.61 Å². The molecule has 1 heterocycles. The highest BCUT2D eigenvalue weighted by Crippen LogP contribution is 2.23. The van der Waals surface area contributed by atoms with Crippen molar-refractivity contribution < 1.29 is 23.8 Å². The van der Waals surface area contributed by atoms with Gasteiger partial charge in [-0.3, -0.25) is 4.79 Å². The Morgan fingerprint density at radius 1 is 1.25 bits per heavy atom. The number of nitrogens with one attached hydrogen (secondary N) is 2. The second-order valence-electron chi connectivity index (χ2n) is 5.64. The first kappa shape index (κ1) is 18.2. The quantitative estimate of drug-likeness (QED) is 0.710. The summed E-state index contributed by atoms with van der Waals surface area (Å²) in [5.74, 6) is 0.00417. The van der Waals surface area contributed by atoms with E-state index >= 15 is 0 Å². The fourth-order valence-corrected chi connectivity index (χ4v) is 2.64. The highest BCUT2D eigenvalue weighted by molar-refractivity contribution is 5.85. The molecule has 0 aliphatic carbocycles. The van der Waals surface area contributed by atoms with Crippen LogP contribution in [0.5, 0.6) is 5.75 Å². The number of esters is 1. The maximum Gasteiger partial charge on any atom is 0.343 e. The van der Waals surface area contributed by atoms with Crippen LogP contribution in [0.2, 0.25) is 0 Å². The van der Waals surface area contributed by atoms with Crippen LogP contribution < -0.4 is 15.4 Å². The van der Waals surface area contributed by atoms with Crippen molar-refractivity contribution in [3.8, 4) is 5.75 Å². The fraction of sp³-hybridized carbons (Fsp3) is 0.529. The Morgan fingerprint density at radius 2 is 2.00 bits per heavy atom. The van der Waals surface area contributed by atoms with Gasteiger partial charge in [0.05, 0.1) is 7.11 Å². The number of carbonyl (C=O) groups excluding carboxylic acids is 2. The lowest BCUT2D eigenvalue weighted by molar-refractivity contribution is -0.146. The molecule has 1 aliphatic heterocycles. The Hall–Kier alpha value is -2.12. The number of hydrogen-bond donors (Lipinski definition) is 2. The zero-order valence-corrected chi connectivity index (χ0v) is 14.1. The van der Waals surface area contributed by atoms with Gasteiger partial charge in [-0.05, 0) is 43.6 Å². The van der Waals surface area contributed by atoms with Gasteiger partial charge in [0.1, 0.15) is 11.4 Å². The number of hydrogen-bond acceptors (Lipinski definition) is 6. The summed E-state index contributed by atoms with van der Waals surface area (Å²) in [4.78, 5) is 23.6. The number of benzene rings is 1. The molecular weight excluding hydrogens is 312 g/mol. The van der Waals surface area contributed by atoms with Crippen molar-refractivity contribution in [2.45, 2.75) is 25.0 Å². The molecule has 1 amide bonds. The normalized spacial score (nSPS) is 16.2. The fourth-order valence-electron chi connectivity index (χ4n) is 2.64. The number of amides is 1. The standard InChI is InChI=1S/C17H24N2O5/c1-22-15(20)12-24-14-5-3-4-13(10-14)11-19-16(21)17(23-2)6-8-18-9-7-17/h3-5,10,18H,6-9,11-12H2,1-2H3,(H,19,21). The van der Waals surface area contributed by atoms with Gasteiger partial charge in [0, 0.05) is 13.7 Å². The van der Waals surface area contributed by atoms with Crippen LogP contribution in [-0.2, 0) is 25.6 Å². The van der Waals surface area contributed by atoms with Crippen molar-refractivity contribution in [2.75, 3.05) is 33.9 Å². The third-order valence-corrected chi connectivity index (χ3v) is 4.15. The second kappa shape index (κ2) is 8.65. The maximum atomic E-state index is 12.5. The van der Waals surface area contributed by atoms with Crippen LogP contribution in [0.3, 0.4) is 0 Å². The zero-order valence-electron chi connectivity index (χ0n) is 14.1. The van der Waals surface area contributed by atoms with E-state index in [1.807, 2.05) is 12.1 Å². The molecule has 1 saturated heterocycles. The van der Waals surface area contributed by atoms with E-state index in [2.05, 4.69) is 15.4 Å². The molecule has 0 bridgehead atoms. The van der Waals surface area contributed by atoms with Gasteiger partial charge in [-0.25, -0.2) is 4.79 Å². The Bertz CT molecular complexity index is 570. The Morgan fingerprint density at radius 3 is 2.67 bits per heavy atom. The summed E-state index contributed by atoms with van der Waals surface area (Å²) in [6, 6.07) is 7.22. The van der Waals surface area contributed by atoms with Crippen molar-refractivity contribution in [2.24, 2.45) is 0 Å². The van der Waals surface area contributed by atoms with E-state index in [1.54, 1.807) is 19.2 Å². The molecule has 24 heavy (non-hydrogen) atoms. The molecule has 1 fully saturated rings. The summed E-state index contributed by atoms with van der Waals surface area (Å²) < 4.78 is 15.4. The smallest absolute Gasteiger partial charge is 0.343 e. The van der Waals surface area contributed by atoms with Crippen molar-refractivity contribution in [1.82, 2.24) is 10.6 Å². The van der Waals surface area contributed by atoms with E-state index in [-0.39, 0.29) is 12.5 Å². The van der Waals surface area contributed by atoms with E-state index in [0.29, 0.717) is 25.1 Å². The number of methoxy groups -OCH3 is 2. The van der Waals surface area contributed by atoms with Gasteiger partial charge in [0.2, 0.25) is 0 Å². The molecule has 0 radical (unpaired) electrons. The van der Waals surface area contributed by atoms with E-state index < -0.39 is 11.6 Å². The van der Waals surface area contributed by atoms with Gasteiger partial charge < -0.3 is 24.8 Å². The van der Waals surface area contributed by atoms with E-state index in [0.717, 1.165) is 18.7 Å². The minimum atomic E-state index is -0.760. The topological polar surface area (TPSA) is 85.9 Å². The van der Waals surface area contributed by atoms with Crippen molar-refractivity contribution in [1.29, 1.82) is 0 Å². The molecule has 2 N–H and O–H groups in total. The first-order valence-corrected chi connectivity index (χ1v) is 7.92. The minimum absolute atomic E-state index is 0.104. The minimum Gasteiger partial charge on any atom is -0.482 e. The Kier molecular flexibility index (Phi) is 6.57. The third kappa shape index (κ3) is 4.69. The van der Waals surface area contributed by atoms with Gasteiger partial charge in [-0.2, -0.15) is 0 Å². The molecule has 7 heteroatoms. The maximum absolute atomic E-state index is 12.5. The molecule has 0 saturated carbocycles. The lowest BCUT2D eigenvalue weighted by Gasteiger charge is -2.34. The van der Waals surface area contributed by atoms with Gasteiger partial charge in [-0.15, -0.1) is 0 Å². The predicted molar refractivity (Wildman–Crippen MR) is 87.6 cm³/mol. The second-order valence-corrected chi connectivity index (χ2v) is 5.64. The van der Waals surface area contributed by atoms with Crippen LogP contribution in [0.25, 0.3) is 0 Å².